The first kappa shape index (κ1) is 14.3. The molecule has 0 aromatic carbocycles. The molecule has 2 nitrogen and oxygen atoms in total. The van der Waals surface area contributed by atoms with Crippen molar-refractivity contribution in [1.29, 1.82) is 0 Å². The van der Waals surface area contributed by atoms with Crippen LogP contribution in [0.15, 0.2) is 11.6 Å². The normalized spacial score (nSPS) is 20.2. The zero-order valence-electron chi connectivity index (χ0n) is 11.5. The number of carbonyl (C=O) groups excluding carboxylic acids is 1. The van der Waals surface area contributed by atoms with E-state index in [0.717, 1.165) is 25.2 Å². The zero-order valence-corrected chi connectivity index (χ0v) is 11.5. The largest absolute Gasteiger partial charge is 0.466 e. The highest BCUT2D eigenvalue weighted by atomic mass is 16.5. The van der Waals surface area contributed by atoms with Crippen LogP contribution in [0.2, 0.25) is 0 Å². The lowest BCUT2D eigenvalue weighted by atomic mass is 9.87. The first-order valence-electron chi connectivity index (χ1n) is 6.98. The van der Waals surface area contributed by atoms with Gasteiger partial charge in [-0.2, -0.15) is 0 Å². The Morgan fingerprint density at radius 1 is 1.53 bits per heavy atom. The van der Waals surface area contributed by atoms with Gasteiger partial charge in [-0.25, -0.2) is 0 Å². The van der Waals surface area contributed by atoms with Crippen LogP contribution < -0.4 is 0 Å². The van der Waals surface area contributed by atoms with Gasteiger partial charge in [-0.1, -0.05) is 31.9 Å². The summed E-state index contributed by atoms with van der Waals surface area (Å²) in [5.41, 5.74) is 1.55. The summed E-state index contributed by atoms with van der Waals surface area (Å²) in [7, 11) is 0. The third-order valence-electron chi connectivity index (χ3n) is 3.40. The highest BCUT2D eigenvalue weighted by molar-refractivity contribution is 5.72. The Labute approximate surface area is 105 Å². The Balaban J connectivity index is 2.27. The van der Waals surface area contributed by atoms with Crippen molar-refractivity contribution in [1.82, 2.24) is 0 Å². The topological polar surface area (TPSA) is 26.3 Å². The fourth-order valence-corrected chi connectivity index (χ4v) is 2.33. The van der Waals surface area contributed by atoms with Gasteiger partial charge in [0.1, 0.15) is 0 Å². The van der Waals surface area contributed by atoms with Gasteiger partial charge in [-0.3, -0.25) is 4.79 Å². The van der Waals surface area contributed by atoms with E-state index in [1.54, 1.807) is 5.57 Å². The lowest BCUT2D eigenvalue weighted by molar-refractivity contribution is -0.148. The molecule has 0 aromatic heterocycles. The van der Waals surface area contributed by atoms with E-state index in [4.69, 9.17) is 4.74 Å². The number of carbonyl (C=O) groups is 1. The number of hydrogen-bond acceptors (Lipinski definition) is 2. The van der Waals surface area contributed by atoms with Gasteiger partial charge in [0.25, 0.3) is 0 Å². The second-order valence-electron chi connectivity index (χ2n) is 5.37. The van der Waals surface area contributed by atoms with E-state index in [2.05, 4.69) is 19.9 Å². The molecule has 0 heterocycles. The fourth-order valence-electron chi connectivity index (χ4n) is 2.33. The Morgan fingerprint density at radius 2 is 2.29 bits per heavy atom. The molecule has 1 aliphatic rings. The van der Waals surface area contributed by atoms with Crippen molar-refractivity contribution < 1.29 is 9.53 Å². The Kier molecular flexibility index (Phi) is 6.31. The van der Waals surface area contributed by atoms with Crippen molar-refractivity contribution in [2.24, 2.45) is 11.8 Å². The number of ether oxygens (including phenoxy) is 1. The zero-order chi connectivity index (χ0) is 12.7. The maximum absolute atomic E-state index is 11.6. The number of esters is 1. The molecule has 0 radical (unpaired) electrons. The molecule has 0 N–H and O–H groups in total. The summed E-state index contributed by atoms with van der Waals surface area (Å²) >= 11 is 0. The predicted octanol–water partition coefficient (Wildman–Crippen LogP) is 4.10. The van der Waals surface area contributed by atoms with E-state index in [-0.39, 0.29) is 11.9 Å². The molecule has 2 heteroatoms. The van der Waals surface area contributed by atoms with Crippen LogP contribution in [0.25, 0.3) is 0 Å². The quantitative estimate of drug-likeness (QED) is 0.514. The molecule has 0 spiro atoms. The molecular formula is C15H26O2. The number of hydrogen-bond donors (Lipinski definition) is 0. The van der Waals surface area contributed by atoms with Crippen LogP contribution >= 0.6 is 0 Å². The van der Waals surface area contributed by atoms with Gasteiger partial charge in [0, 0.05) is 0 Å². The minimum atomic E-state index is -0.00928. The Bertz CT molecular complexity index is 266. The summed E-state index contributed by atoms with van der Waals surface area (Å²) < 4.78 is 5.06. The molecule has 1 rings (SSSR count). The first-order chi connectivity index (χ1) is 8.13. The molecule has 1 atom stereocenters. The van der Waals surface area contributed by atoms with Crippen LogP contribution in [-0.2, 0) is 9.53 Å². The van der Waals surface area contributed by atoms with E-state index in [9.17, 15) is 4.79 Å². The van der Waals surface area contributed by atoms with Gasteiger partial charge >= 0.3 is 5.97 Å². The van der Waals surface area contributed by atoms with Crippen molar-refractivity contribution in [3.8, 4) is 0 Å². The minimum Gasteiger partial charge on any atom is -0.466 e. The van der Waals surface area contributed by atoms with Gasteiger partial charge in [-0.15, -0.1) is 0 Å². The predicted molar refractivity (Wildman–Crippen MR) is 70.7 cm³/mol. The Morgan fingerprint density at radius 3 is 2.82 bits per heavy atom. The monoisotopic (exact) mass is 238 g/mol. The van der Waals surface area contributed by atoms with E-state index in [0.29, 0.717) is 6.61 Å². The van der Waals surface area contributed by atoms with E-state index < -0.39 is 0 Å². The minimum absolute atomic E-state index is 0.00928. The van der Waals surface area contributed by atoms with Crippen molar-refractivity contribution >= 4 is 5.97 Å². The smallest absolute Gasteiger partial charge is 0.309 e. The van der Waals surface area contributed by atoms with Crippen LogP contribution in [0.3, 0.4) is 0 Å². The Hall–Kier alpha value is -0.790. The summed E-state index contributed by atoms with van der Waals surface area (Å²) in [6.45, 7) is 6.91. The lowest BCUT2D eigenvalue weighted by Gasteiger charge is -2.20. The summed E-state index contributed by atoms with van der Waals surface area (Å²) in [4.78, 5) is 11.6. The molecule has 0 saturated carbocycles. The van der Waals surface area contributed by atoms with Crippen molar-refractivity contribution in [3.05, 3.63) is 11.6 Å². The van der Waals surface area contributed by atoms with E-state index in [1.165, 1.54) is 19.3 Å². The third-order valence-corrected chi connectivity index (χ3v) is 3.40. The van der Waals surface area contributed by atoms with Crippen molar-refractivity contribution in [2.75, 3.05) is 6.61 Å². The molecule has 0 bridgehead atoms. The molecule has 0 aromatic rings. The van der Waals surface area contributed by atoms with Gasteiger partial charge in [-0.05, 0) is 44.9 Å². The highest BCUT2D eigenvalue weighted by Gasteiger charge is 2.22. The highest BCUT2D eigenvalue weighted by Crippen LogP contribution is 2.27. The summed E-state index contributed by atoms with van der Waals surface area (Å²) in [6.07, 6.45) is 9.02. The van der Waals surface area contributed by atoms with E-state index >= 15 is 0 Å². The van der Waals surface area contributed by atoms with Gasteiger partial charge in [0.05, 0.1) is 12.5 Å². The molecule has 98 valence electrons. The molecular weight excluding hydrogens is 212 g/mol. The van der Waals surface area contributed by atoms with Crippen molar-refractivity contribution in [3.63, 3.8) is 0 Å². The van der Waals surface area contributed by atoms with Crippen LogP contribution in [0.4, 0.5) is 0 Å². The standard InChI is InChI=1S/C15H26O2/c1-4-17-15(16)14-10-8-13(9-11-14)7-5-6-12(2)3/h8,12,14H,4-7,9-11H2,1-3H3. The maximum atomic E-state index is 11.6. The molecule has 0 saturated heterocycles. The molecule has 1 aliphatic carbocycles. The number of allylic oxidation sites excluding steroid dienone is 2. The number of rotatable bonds is 6. The average molecular weight is 238 g/mol. The first-order valence-corrected chi connectivity index (χ1v) is 6.98. The van der Waals surface area contributed by atoms with Crippen LogP contribution in [0, 0.1) is 11.8 Å². The second-order valence-corrected chi connectivity index (χ2v) is 5.37. The van der Waals surface area contributed by atoms with Crippen LogP contribution in [0.1, 0.15) is 59.3 Å². The molecule has 17 heavy (non-hydrogen) atoms. The summed E-state index contributed by atoms with van der Waals surface area (Å²) in [6, 6.07) is 0. The maximum Gasteiger partial charge on any atom is 0.309 e. The van der Waals surface area contributed by atoms with E-state index in [1.807, 2.05) is 6.92 Å². The molecule has 0 amide bonds. The third kappa shape index (κ3) is 5.38. The molecule has 0 fully saturated rings. The molecule has 0 aliphatic heterocycles. The lowest BCUT2D eigenvalue weighted by Crippen LogP contribution is -2.19. The van der Waals surface area contributed by atoms with Gasteiger partial charge in [0.15, 0.2) is 0 Å². The average Bonchev–Trinajstić information content (AvgIpc) is 2.30. The van der Waals surface area contributed by atoms with Crippen molar-refractivity contribution in [2.45, 2.75) is 59.3 Å². The summed E-state index contributed by atoms with van der Waals surface area (Å²) in [5.74, 6) is 0.903. The summed E-state index contributed by atoms with van der Waals surface area (Å²) in [5, 5.41) is 0. The SMILES string of the molecule is CCOC(=O)C1CC=C(CCCC(C)C)CC1. The van der Waals surface area contributed by atoms with Crippen LogP contribution in [-0.4, -0.2) is 12.6 Å². The fraction of sp³-hybridized carbons (Fsp3) is 0.800. The van der Waals surface area contributed by atoms with Gasteiger partial charge < -0.3 is 4.74 Å². The van der Waals surface area contributed by atoms with Crippen LogP contribution in [0.5, 0.6) is 0 Å². The second kappa shape index (κ2) is 7.52. The van der Waals surface area contributed by atoms with Gasteiger partial charge in [0.2, 0.25) is 0 Å². The molecule has 1 unspecified atom stereocenters.